The highest BCUT2D eigenvalue weighted by Gasteiger charge is 2.56. The van der Waals surface area contributed by atoms with Crippen molar-refractivity contribution in [1.29, 1.82) is 5.26 Å². The molecule has 0 saturated heterocycles. The van der Waals surface area contributed by atoms with Gasteiger partial charge in [0.25, 0.3) is 0 Å². The Morgan fingerprint density at radius 3 is 2.25 bits per heavy atom. The Morgan fingerprint density at radius 2 is 1.62 bits per heavy atom. The van der Waals surface area contributed by atoms with E-state index in [1.54, 1.807) is 48.5 Å². The summed E-state index contributed by atoms with van der Waals surface area (Å²) in [6, 6.07) is 15.4. The smallest absolute Gasteiger partial charge is 0.240 e. The quantitative estimate of drug-likeness (QED) is 0.835. The SMILES string of the molecule is N#Cc1ccccc1NC(=O)C1(C(=O)Nc2ccc(Cl)cc2)CC1. The van der Waals surface area contributed by atoms with Gasteiger partial charge in [0, 0.05) is 10.7 Å². The van der Waals surface area contributed by atoms with E-state index in [2.05, 4.69) is 10.6 Å². The Bertz CT molecular complexity index is 836. The molecule has 0 unspecified atom stereocenters. The third-order valence-corrected chi connectivity index (χ3v) is 4.27. The Labute approximate surface area is 144 Å². The van der Waals surface area contributed by atoms with Gasteiger partial charge in [0.05, 0.1) is 11.3 Å². The van der Waals surface area contributed by atoms with Crippen LogP contribution in [0.5, 0.6) is 0 Å². The summed E-state index contributed by atoms with van der Waals surface area (Å²) in [6.07, 6.45) is 0.958. The minimum absolute atomic E-state index is 0.350. The molecule has 0 bridgehead atoms. The largest absolute Gasteiger partial charge is 0.325 e. The zero-order chi connectivity index (χ0) is 17.2. The van der Waals surface area contributed by atoms with Crippen molar-refractivity contribution in [1.82, 2.24) is 0 Å². The average Bonchev–Trinajstić information content (AvgIpc) is 3.39. The fourth-order valence-corrected chi connectivity index (χ4v) is 2.52. The number of rotatable bonds is 4. The minimum atomic E-state index is -1.08. The fourth-order valence-electron chi connectivity index (χ4n) is 2.40. The normalized spacial score (nSPS) is 14.3. The Morgan fingerprint density at radius 1 is 1.00 bits per heavy atom. The van der Waals surface area contributed by atoms with Crippen LogP contribution in [0.25, 0.3) is 0 Å². The summed E-state index contributed by atoms with van der Waals surface area (Å²) in [7, 11) is 0. The van der Waals surface area contributed by atoms with E-state index in [0.29, 0.717) is 34.8 Å². The van der Waals surface area contributed by atoms with Gasteiger partial charge < -0.3 is 10.6 Å². The highest BCUT2D eigenvalue weighted by atomic mass is 35.5. The van der Waals surface area contributed by atoms with E-state index in [9.17, 15) is 9.59 Å². The zero-order valence-corrected chi connectivity index (χ0v) is 13.4. The second kappa shape index (κ2) is 6.34. The molecule has 0 heterocycles. The maximum absolute atomic E-state index is 12.5. The number of nitrogens with one attached hydrogen (secondary N) is 2. The van der Waals surface area contributed by atoms with E-state index in [-0.39, 0.29) is 5.91 Å². The number of nitrogens with zero attached hydrogens (tertiary/aromatic N) is 1. The molecule has 120 valence electrons. The summed E-state index contributed by atoms with van der Waals surface area (Å²) in [5, 5.41) is 15.1. The first-order chi connectivity index (χ1) is 11.5. The van der Waals surface area contributed by atoms with Crippen LogP contribution < -0.4 is 10.6 Å². The summed E-state index contributed by atoms with van der Waals surface area (Å²) in [5.74, 6) is -0.742. The second-order valence-electron chi connectivity index (χ2n) is 5.65. The molecule has 3 rings (SSSR count). The minimum Gasteiger partial charge on any atom is -0.325 e. The van der Waals surface area contributed by atoms with Crippen LogP contribution in [-0.4, -0.2) is 11.8 Å². The molecule has 5 nitrogen and oxygen atoms in total. The molecule has 1 aliphatic carbocycles. The summed E-state index contributed by atoms with van der Waals surface area (Å²) >= 11 is 5.82. The third-order valence-electron chi connectivity index (χ3n) is 4.02. The molecule has 0 radical (unpaired) electrons. The monoisotopic (exact) mass is 339 g/mol. The Hall–Kier alpha value is -2.84. The standard InChI is InChI=1S/C18H14ClN3O2/c19-13-5-7-14(8-6-13)21-16(23)18(9-10-18)17(24)22-15-4-2-1-3-12(15)11-20/h1-8H,9-10H2,(H,21,23)(H,22,24). The number of amides is 2. The van der Waals surface area contributed by atoms with Crippen molar-refractivity contribution in [3.05, 3.63) is 59.1 Å². The van der Waals surface area contributed by atoms with E-state index in [0.717, 1.165) is 0 Å². The molecular weight excluding hydrogens is 326 g/mol. The first kappa shape index (κ1) is 16.0. The third kappa shape index (κ3) is 3.10. The lowest BCUT2D eigenvalue weighted by molar-refractivity contribution is -0.131. The van der Waals surface area contributed by atoms with E-state index < -0.39 is 11.3 Å². The fraction of sp³-hybridized carbons (Fsp3) is 0.167. The second-order valence-corrected chi connectivity index (χ2v) is 6.09. The van der Waals surface area contributed by atoms with Crippen LogP contribution in [0.2, 0.25) is 5.02 Å². The van der Waals surface area contributed by atoms with Gasteiger partial charge >= 0.3 is 0 Å². The topological polar surface area (TPSA) is 82.0 Å². The summed E-state index contributed by atoms with van der Waals surface area (Å²) in [5.41, 5.74) is 0.276. The molecular formula is C18H14ClN3O2. The van der Waals surface area contributed by atoms with Crippen molar-refractivity contribution in [2.24, 2.45) is 5.41 Å². The predicted molar refractivity (Wildman–Crippen MR) is 91.5 cm³/mol. The predicted octanol–water partition coefficient (Wildman–Crippen LogP) is 3.57. The number of benzene rings is 2. The molecule has 6 heteroatoms. The molecule has 0 spiro atoms. The van der Waals surface area contributed by atoms with E-state index in [4.69, 9.17) is 16.9 Å². The maximum atomic E-state index is 12.5. The molecule has 2 aromatic carbocycles. The van der Waals surface area contributed by atoms with Crippen molar-refractivity contribution >= 4 is 34.8 Å². The molecule has 2 aromatic rings. The van der Waals surface area contributed by atoms with Gasteiger partial charge in [-0.15, -0.1) is 0 Å². The van der Waals surface area contributed by atoms with E-state index in [1.807, 2.05) is 6.07 Å². The number of carbonyl (C=O) groups excluding carboxylic acids is 2. The van der Waals surface area contributed by atoms with Gasteiger partial charge in [-0.1, -0.05) is 23.7 Å². The first-order valence-electron chi connectivity index (χ1n) is 7.43. The number of nitriles is 1. The van der Waals surface area contributed by atoms with Crippen LogP contribution in [0.3, 0.4) is 0 Å². The number of hydrogen-bond donors (Lipinski definition) is 2. The van der Waals surface area contributed by atoms with Gasteiger partial charge in [-0.05, 0) is 49.2 Å². The molecule has 24 heavy (non-hydrogen) atoms. The lowest BCUT2D eigenvalue weighted by Gasteiger charge is -2.16. The van der Waals surface area contributed by atoms with Crippen LogP contribution in [0.1, 0.15) is 18.4 Å². The molecule has 1 saturated carbocycles. The molecule has 2 amide bonds. The van der Waals surface area contributed by atoms with Gasteiger partial charge in [0.2, 0.25) is 11.8 Å². The maximum Gasteiger partial charge on any atom is 0.240 e. The molecule has 0 aliphatic heterocycles. The highest BCUT2D eigenvalue weighted by Crippen LogP contribution is 2.47. The summed E-state index contributed by atoms with van der Waals surface area (Å²) in [6.45, 7) is 0. The number of halogens is 1. The van der Waals surface area contributed by atoms with Crippen LogP contribution in [0.4, 0.5) is 11.4 Å². The molecule has 1 fully saturated rings. The van der Waals surface area contributed by atoms with Gasteiger partial charge in [-0.3, -0.25) is 9.59 Å². The van der Waals surface area contributed by atoms with Crippen LogP contribution in [0.15, 0.2) is 48.5 Å². The summed E-state index contributed by atoms with van der Waals surface area (Å²) < 4.78 is 0. The average molecular weight is 340 g/mol. The van der Waals surface area contributed by atoms with Gasteiger partial charge in [-0.25, -0.2) is 0 Å². The van der Waals surface area contributed by atoms with Gasteiger partial charge in [-0.2, -0.15) is 5.26 Å². The number of anilines is 2. The number of hydrogen-bond acceptors (Lipinski definition) is 3. The molecule has 2 N–H and O–H groups in total. The molecule has 0 atom stereocenters. The van der Waals surface area contributed by atoms with E-state index >= 15 is 0 Å². The van der Waals surface area contributed by atoms with Crippen molar-refractivity contribution < 1.29 is 9.59 Å². The summed E-state index contributed by atoms with van der Waals surface area (Å²) in [4.78, 5) is 25.0. The van der Waals surface area contributed by atoms with Crippen LogP contribution in [0, 0.1) is 16.7 Å². The number of carbonyl (C=O) groups is 2. The van der Waals surface area contributed by atoms with Crippen molar-refractivity contribution in [2.45, 2.75) is 12.8 Å². The van der Waals surface area contributed by atoms with Crippen molar-refractivity contribution in [3.63, 3.8) is 0 Å². The zero-order valence-electron chi connectivity index (χ0n) is 12.7. The molecule has 0 aromatic heterocycles. The highest BCUT2D eigenvalue weighted by molar-refractivity contribution is 6.30. The van der Waals surface area contributed by atoms with Crippen LogP contribution in [-0.2, 0) is 9.59 Å². The number of para-hydroxylation sites is 1. The van der Waals surface area contributed by atoms with Crippen molar-refractivity contribution in [3.8, 4) is 6.07 Å². The van der Waals surface area contributed by atoms with Crippen LogP contribution >= 0.6 is 11.6 Å². The van der Waals surface area contributed by atoms with Crippen molar-refractivity contribution in [2.75, 3.05) is 10.6 Å². The van der Waals surface area contributed by atoms with Gasteiger partial charge in [0.1, 0.15) is 11.5 Å². The van der Waals surface area contributed by atoms with E-state index in [1.165, 1.54) is 0 Å². The Balaban J connectivity index is 1.73. The first-order valence-corrected chi connectivity index (χ1v) is 7.80. The Kier molecular flexibility index (Phi) is 4.24. The molecule has 1 aliphatic rings. The lowest BCUT2D eigenvalue weighted by atomic mass is 10.0. The van der Waals surface area contributed by atoms with Gasteiger partial charge in [0.15, 0.2) is 0 Å². The lowest BCUT2D eigenvalue weighted by Crippen LogP contribution is -2.35.